The third-order valence-electron chi connectivity index (χ3n) is 2.05. The molecule has 1 N–H and O–H groups in total. The molecule has 1 aromatic heterocycles. The van der Waals surface area contributed by atoms with Gasteiger partial charge in [-0.15, -0.1) is 0 Å². The Hall–Kier alpha value is -0.900. The number of hydrogen-bond acceptors (Lipinski definition) is 3. The van der Waals surface area contributed by atoms with Crippen molar-refractivity contribution < 1.29 is 14.3 Å². The van der Waals surface area contributed by atoms with Gasteiger partial charge in [0.2, 0.25) is 0 Å². The lowest BCUT2D eigenvalue weighted by atomic mass is 10.2. The minimum Gasteiger partial charge on any atom is -0.478 e. The van der Waals surface area contributed by atoms with Crippen LogP contribution in [0.3, 0.4) is 0 Å². The zero-order chi connectivity index (χ0) is 11.3. The highest BCUT2D eigenvalue weighted by Crippen LogP contribution is 2.19. The molecule has 4 heteroatoms. The van der Waals surface area contributed by atoms with Crippen LogP contribution in [-0.2, 0) is 5.75 Å². The van der Waals surface area contributed by atoms with Gasteiger partial charge < -0.3 is 9.52 Å². The van der Waals surface area contributed by atoms with Crippen LogP contribution in [0.5, 0.6) is 0 Å². The van der Waals surface area contributed by atoms with Crippen LogP contribution in [0.15, 0.2) is 16.7 Å². The van der Waals surface area contributed by atoms with Gasteiger partial charge in [0, 0.05) is 0 Å². The van der Waals surface area contributed by atoms with E-state index in [-0.39, 0.29) is 5.56 Å². The predicted molar refractivity (Wildman–Crippen MR) is 61.3 cm³/mol. The first-order chi connectivity index (χ1) is 7.11. The highest BCUT2D eigenvalue weighted by atomic mass is 32.2. The molecule has 1 aromatic rings. The number of furan rings is 1. The molecule has 0 aliphatic heterocycles. The smallest absolute Gasteiger partial charge is 0.339 e. The summed E-state index contributed by atoms with van der Waals surface area (Å²) in [6.07, 6.45) is 2.58. The fourth-order valence-corrected chi connectivity index (χ4v) is 2.32. The summed E-state index contributed by atoms with van der Waals surface area (Å²) in [7, 11) is 0. The molecule has 0 saturated heterocycles. The fraction of sp³-hybridized carbons (Fsp3) is 0.545. The van der Waals surface area contributed by atoms with Crippen LogP contribution in [0, 0.1) is 5.92 Å². The Labute approximate surface area is 93.9 Å². The lowest BCUT2D eigenvalue weighted by Crippen LogP contribution is -1.98. The van der Waals surface area contributed by atoms with Gasteiger partial charge in [0.15, 0.2) is 0 Å². The van der Waals surface area contributed by atoms with E-state index in [9.17, 15) is 4.79 Å². The zero-order valence-corrected chi connectivity index (χ0v) is 9.84. The molecule has 0 aliphatic rings. The molecule has 3 nitrogen and oxygen atoms in total. The van der Waals surface area contributed by atoms with E-state index in [1.165, 1.54) is 12.3 Å². The number of carboxylic acids is 1. The van der Waals surface area contributed by atoms with Crippen molar-refractivity contribution in [1.29, 1.82) is 0 Å². The number of aromatic carboxylic acids is 1. The molecular weight excluding hydrogens is 212 g/mol. The molecule has 15 heavy (non-hydrogen) atoms. The number of carbonyl (C=O) groups is 1. The van der Waals surface area contributed by atoms with E-state index in [1.807, 2.05) is 0 Å². The van der Waals surface area contributed by atoms with E-state index in [0.717, 1.165) is 12.2 Å². The summed E-state index contributed by atoms with van der Waals surface area (Å²) in [4.78, 5) is 10.8. The molecule has 1 heterocycles. The number of hydrogen-bond donors (Lipinski definition) is 1. The van der Waals surface area contributed by atoms with Crippen LogP contribution in [-0.4, -0.2) is 16.8 Å². The maximum atomic E-state index is 10.8. The fourth-order valence-electron chi connectivity index (χ4n) is 1.13. The van der Waals surface area contributed by atoms with Crippen LogP contribution in [0.2, 0.25) is 0 Å². The second kappa shape index (κ2) is 5.85. The molecule has 0 radical (unpaired) electrons. The lowest BCUT2D eigenvalue weighted by molar-refractivity contribution is 0.0695. The second-order valence-corrected chi connectivity index (χ2v) is 4.90. The summed E-state index contributed by atoms with van der Waals surface area (Å²) < 4.78 is 5.13. The Bertz CT molecular complexity index is 317. The number of thioether (sulfide) groups is 1. The molecule has 0 spiro atoms. The number of rotatable bonds is 6. The molecule has 84 valence electrons. The van der Waals surface area contributed by atoms with Crippen molar-refractivity contribution in [2.45, 2.75) is 26.0 Å². The van der Waals surface area contributed by atoms with Crippen LogP contribution >= 0.6 is 11.8 Å². The molecule has 0 bridgehead atoms. The monoisotopic (exact) mass is 228 g/mol. The van der Waals surface area contributed by atoms with Crippen molar-refractivity contribution in [2.24, 2.45) is 5.92 Å². The van der Waals surface area contributed by atoms with Gasteiger partial charge in [-0.1, -0.05) is 13.8 Å². The molecule has 0 aliphatic carbocycles. The van der Waals surface area contributed by atoms with E-state index in [0.29, 0.717) is 17.4 Å². The van der Waals surface area contributed by atoms with Crippen molar-refractivity contribution in [3.8, 4) is 0 Å². The molecule has 1 rings (SSSR count). The topological polar surface area (TPSA) is 50.4 Å². The Balaban J connectivity index is 2.37. The highest BCUT2D eigenvalue weighted by molar-refractivity contribution is 7.98. The normalized spacial score (nSPS) is 10.9. The van der Waals surface area contributed by atoms with E-state index >= 15 is 0 Å². The summed E-state index contributed by atoms with van der Waals surface area (Å²) in [6.45, 7) is 4.35. The van der Waals surface area contributed by atoms with Crippen LogP contribution in [0.25, 0.3) is 0 Å². The third-order valence-corrected chi connectivity index (χ3v) is 3.04. The van der Waals surface area contributed by atoms with Gasteiger partial charge in [0.25, 0.3) is 0 Å². The van der Waals surface area contributed by atoms with Crippen LogP contribution < -0.4 is 0 Å². The predicted octanol–water partition coefficient (Wildman–Crippen LogP) is 3.26. The van der Waals surface area contributed by atoms with E-state index in [4.69, 9.17) is 9.52 Å². The first-order valence-corrected chi connectivity index (χ1v) is 6.14. The largest absolute Gasteiger partial charge is 0.478 e. The SMILES string of the molecule is CC(C)CCSCc1occc1C(=O)O. The Morgan fingerprint density at radius 3 is 2.93 bits per heavy atom. The Morgan fingerprint density at radius 2 is 2.33 bits per heavy atom. The van der Waals surface area contributed by atoms with E-state index in [1.54, 1.807) is 11.8 Å². The number of carboxylic acid groups (broad SMARTS) is 1. The summed E-state index contributed by atoms with van der Waals surface area (Å²) in [6, 6.07) is 1.50. The minimum absolute atomic E-state index is 0.284. The van der Waals surface area contributed by atoms with Gasteiger partial charge in [0.05, 0.1) is 12.0 Å². The first kappa shape index (κ1) is 12.2. The summed E-state index contributed by atoms with van der Waals surface area (Å²) in [5.41, 5.74) is 0.284. The quantitative estimate of drug-likeness (QED) is 0.759. The van der Waals surface area contributed by atoms with Gasteiger partial charge in [-0.2, -0.15) is 11.8 Å². The van der Waals surface area contributed by atoms with Crippen molar-refractivity contribution in [2.75, 3.05) is 5.75 Å². The van der Waals surface area contributed by atoms with E-state index in [2.05, 4.69) is 13.8 Å². The van der Waals surface area contributed by atoms with Crippen molar-refractivity contribution in [1.82, 2.24) is 0 Å². The Kier molecular flexibility index (Phi) is 4.75. The van der Waals surface area contributed by atoms with Gasteiger partial charge >= 0.3 is 5.97 Å². The first-order valence-electron chi connectivity index (χ1n) is 4.98. The Morgan fingerprint density at radius 1 is 1.60 bits per heavy atom. The lowest BCUT2D eigenvalue weighted by Gasteiger charge is -2.03. The average Bonchev–Trinajstić information content (AvgIpc) is 2.60. The standard InChI is InChI=1S/C11H16O3S/c1-8(2)4-6-15-7-10-9(11(12)13)3-5-14-10/h3,5,8H,4,6-7H2,1-2H3,(H,12,13). The molecule has 0 amide bonds. The van der Waals surface area contributed by atoms with E-state index < -0.39 is 5.97 Å². The van der Waals surface area contributed by atoms with Crippen molar-refractivity contribution in [3.63, 3.8) is 0 Å². The zero-order valence-electron chi connectivity index (χ0n) is 9.03. The third kappa shape index (κ3) is 4.00. The second-order valence-electron chi connectivity index (χ2n) is 3.80. The maximum absolute atomic E-state index is 10.8. The van der Waals surface area contributed by atoms with Crippen LogP contribution in [0.4, 0.5) is 0 Å². The van der Waals surface area contributed by atoms with Gasteiger partial charge in [-0.05, 0) is 24.2 Å². The minimum atomic E-state index is -0.914. The van der Waals surface area contributed by atoms with Gasteiger partial charge in [0.1, 0.15) is 11.3 Å². The van der Waals surface area contributed by atoms with Crippen molar-refractivity contribution >= 4 is 17.7 Å². The van der Waals surface area contributed by atoms with Crippen LogP contribution in [0.1, 0.15) is 36.4 Å². The molecule has 0 atom stereocenters. The molecule has 0 unspecified atom stereocenters. The average molecular weight is 228 g/mol. The highest BCUT2D eigenvalue weighted by Gasteiger charge is 2.12. The van der Waals surface area contributed by atoms with Gasteiger partial charge in [-0.3, -0.25) is 0 Å². The molecular formula is C11H16O3S. The molecule has 0 saturated carbocycles. The van der Waals surface area contributed by atoms with Crippen molar-refractivity contribution in [3.05, 3.63) is 23.7 Å². The summed E-state index contributed by atoms with van der Waals surface area (Å²) in [5.74, 6) is 2.02. The summed E-state index contributed by atoms with van der Waals surface area (Å²) in [5, 5.41) is 8.83. The molecule has 0 aromatic carbocycles. The summed E-state index contributed by atoms with van der Waals surface area (Å²) >= 11 is 1.71. The van der Waals surface area contributed by atoms with Gasteiger partial charge in [-0.25, -0.2) is 4.79 Å². The maximum Gasteiger partial charge on any atom is 0.339 e. The molecule has 0 fully saturated rings.